The lowest BCUT2D eigenvalue weighted by atomic mass is 9.96. The summed E-state index contributed by atoms with van der Waals surface area (Å²) in [7, 11) is 5.63. The fraction of sp³-hybridized carbons (Fsp3) is 0.727. The number of terminal acetylenes is 1. The van der Waals surface area contributed by atoms with Crippen molar-refractivity contribution < 1.29 is 19.0 Å². The van der Waals surface area contributed by atoms with E-state index in [1.807, 2.05) is 0 Å². The van der Waals surface area contributed by atoms with Gasteiger partial charge in [-0.3, -0.25) is 4.79 Å². The van der Waals surface area contributed by atoms with E-state index in [1.54, 1.807) is 6.92 Å². The van der Waals surface area contributed by atoms with Gasteiger partial charge in [0.05, 0.1) is 6.10 Å². The molecule has 0 aromatic heterocycles. The molecule has 4 nitrogen and oxygen atoms in total. The first-order valence-corrected chi connectivity index (χ1v) is 5.29. The number of hydrogen-bond donors (Lipinski definition) is 0. The number of carbonyl (C=O) groups excluding carboxylic acids is 1. The fourth-order valence-corrected chi connectivity index (χ4v) is 1.50. The molecule has 1 saturated heterocycles. The van der Waals surface area contributed by atoms with Gasteiger partial charge in [0.2, 0.25) is 0 Å². The first-order chi connectivity index (χ1) is 7.67. The quantitative estimate of drug-likeness (QED) is 0.379. The molecule has 0 aromatic carbocycles. The molecular weight excluding hydrogens is 207 g/mol. The number of esters is 1. The van der Waals surface area contributed by atoms with Crippen molar-refractivity contribution in [3.8, 4) is 12.3 Å². The molecule has 0 aromatic rings. The summed E-state index contributed by atoms with van der Waals surface area (Å²) in [5.41, 5.74) is 0. The van der Waals surface area contributed by atoms with Crippen molar-refractivity contribution in [3.63, 3.8) is 0 Å². The fourth-order valence-electron chi connectivity index (χ4n) is 1.50. The molecule has 1 aliphatic heterocycles. The van der Waals surface area contributed by atoms with Crippen molar-refractivity contribution in [1.82, 2.24) is 0 Å². The monoisotopic (exact) mass is 222 g/mol. The van der Waals surface area contributed by atoms with E-state index >= 15 is 0 Å². The topological polar surface area (TPSA) is 44.8 Å². The predicted molar refractivity (Wildman–Crippen MR) is 58.9 cm³/mol. The highest BCUT2D eigenvalue weighted by Crippen LogP contribution is 2.21. The van der Waals surface area contributed by atoms with Crippen molar-refractivity contribution >= 4 is 13.8 Å². The molecule has 1 aliphatic rings. The summed E-state index contributed by atoms with van der Waals surface area (Å²) in [6.45, 7) is 2.10. The third-order valence-electron chi connectivity index (χ3n) is 2.31. The Morgan fingerprint density at radius 2 is 2.44 bits per heavy atom. The molecule has 16 heavy (non-hydrogen) atoms. The Kier molecular flexibility index (Phi) is 5.37. The smallest absolute Gasteiger partial charge is 0.305 e. The minimum atomic E-state index is -0.381. The lowest BCUT2D eigenvalue weighted by molar-refractivity contribution is -0.148. The van der Waals surface area contributed by atoms with Crippen LogP contribution in [0.25, 0.3) is 0 Å². The Morgan fingerprint density at radius 3 is 3.06 bits per heavy atom. The van der Waals surface area contributed by atoms with Crippen molar-refractivity contribution in [2.24, 2.45) is 0 Å². The van der Waals surface area contributed by atoms with Gasteiger partial charge in [-0.2, -0.15) is 0 Å². The van der Waals surface area contributed by atoms with Crippen molar-refractivity contribution in [3.05, 3.63) is 0 Å². The molecular formula is C11H15BO4. The van der Waals surface area contributed by atoms with Crippen LogP contribution in [0.3, 0.4) is 0 Å². The standard InChI is InChI=1S/C11H15BO4/c1-3-5-14-8-6-10(12)16-9(8)7-15-11(13)4-2/h1,8-10H,4-7H2,2H3. The Balaban J connectivity index is 2.37. The van der Waals surface area contributed by atoms with Crippen LogP contribution >= 0.6 is 0 Å². The maximum absolute atomic E-state index is 11.0. The van der Waals surface area contributed by atoms with E-state index in [2.05, 4.69) is 5.92 Å². The second-order valence-electron chi connectivity index (χ2n) is 3.54. The molecule has 0 bridgehead atoms. The van der Waals surface area contributed by atoms with Gasteiger partial charge in [-0.05, 0) is 6.42 Å². The predicted octanol–water partition coefficient (Wildman–Crippen LogP) is 0.241. The molecule has 1 heterocycles. The zero-order chi connectivity index (χ0) is 12.0. The van der Waals surface area contributed by atoms with E-state index in [0.717, 1.165) is 0 Å². The van der Waals surface area contributed by atoms with E-state index in [-0.39, 0.29) is 37.4 Å². The summed E-state index contributed by atoms with van der Waals surface area (Å²) in [6.07, 6.45) is 5.49. The van der Waals surface area contributed by atoms with Gasteiger partial charge in [0.25, 0.3) is 0 Å². The van der Waals surface area contributed by atoms with Gasteiger partial charge in [-0.1, -0.05) is 12.8 Å². The largest absolute Gasteiger partial charge is 0.463 e. The average Bonchev–Trinajstić information content (AvgIpc) is 2.63. The van der Waals surface area contributed by atoms with Crippen LogP contribution in [0, 0.1) is 12.3 Å². The van der Waals surface area contributed by atoms with Crippen LogP contribution in [-0.4, -0.2) is 45.2 Å². The van der Waals surface area contributed by atoms with Gasteiger partial charge in [0.1, 0.15) is 27.2 Å². The lowest BCUT2D eigenvalue weighted by Gasteiger charge is -2.17. The van der Waals surface area contributed by atoms with Gasteiger partial charge in [0.15, 0.2) is 0 Å². The average molecular weight is 222 g/mol. The summed E-state index contributed by atoms with van der Waals surface area (Å²) in [5.74, 6) is 2.12. The molecule has 2 radical (unpaired) electrons. The lowest BCUT2D eigenvalue weighted by Crippen LogP contribution is -2.30. The summed E-state index contributed by atoms with van der Waals surface area (Å²) in [5, 5.41) is 0. The summed E-state index contributed by atoms with van der Waals surface area (Å²) in [6, 6.07) is -0.381. The van der Waals surface area contributed by atoms with E-state index < -0.39 is 0 Å². The molecule has 3 unspecified atom stereocenters. The normalized spacial score (nSPS) is 28.6. The van der Waals surface area contributed by atoms with Crippen molar-refractivity contribution in [2.45, 2.75) is 38.0 Å². The van der Waals surface area contributed by atoms with Gasteiger partial charge < -0.3 is 14.2 Å². The van der Waals surface area contributed by atoms with Crippen molar-refractivity contribution in [1.29, 1.82) is 0 Å². The van der Waals surface area contributed by atoms with E-state index in [1.165, 1.54) is 0 Å². The van der Waals surface area contributed by atoms with E-state index in [9.17, 15) is 4.79 Å². The maximum Gasteiger partial charge on any atom is 0.305 e. The van der Waals surface area contributed by atoms with Crippen LogP contribution in [0.2, 0.25) is 0 Å². The molecule has 86 valence electrons. The van der Waals surface area contributed by atoms with Gasteiger partial charge >= 0.3 is 5.97 Å². The third-order valence-corrected chi connectivity index (χ3v) is 2.31. The van der Waals surface area contributed by atoms with Crippen LogP contribution in [0.1, 0.15) is 19.8 Å². The second kappa shape index (κ2) is 6.57. The Labute approximate surface area is 97.0 Å². The molecule has 5 heteroatoms. The van der Waals surface area contributed by atoms with Crippen molar-refractivity contribution in [2.75, 3.05) is 13.2 Å². The van der Waals surface area contributed by atoms with Crippen LogP contribution in [0.5, 0.6) is 0 Å². The zero-order valence-corrected chi connectivity index (χ0v) is 9.35. The summed E-state index contributed by atoms with van der Waals surface area (Å²) >= 11 is 0. The number of hydrogen-bond acceptors (Lipinski definition) is 4. The molecule has 1 fully saturated rings. The minimum absolute atomic E-state index is 0.162. The second-order valence-corrected chi connectivity index (χ2v) is 3.54. The molecule has 1 rings (SSSR count). The first-order valence-electron chi connectivity index (χ1n) is 5.29. The highest BCUT2D eigenvalue weighted by Gasteiger charge is 2.34. The summed E-state index contributed by atoms with van der Waals surface area (Å²) < 4.78 is 15.7. The highest BCUT2D eigenvalue weighted by atomic mass is 16.6. The maximum atomic E-state index is 11.0. The van der Waals surface area contributed by atoms with Gasteiger partial charge in [-0.25, -0.2) is 0 Å². The van der Waals surface area contributed by atoms with Crippen LogP contribution in [0.4, 0.5) is 0 Å². The Morgan fingerprint density at radius 1 is 1.69 bits per heavy atom. The molecule has 0 amide bonds. The van der Waals surface area contributed by atoms with E-state index in [4.69, 9.17) is 28.5 Å². The van der Waals surface area contributed by atoms with Crippen LogP contribution in [-0.2, 0) is 19.0 Å². The van der Waals surface area contributed by atoms with E-state index in [0.29, 0.717) is 12.8 Å². The number of carbonyl (C=O) groups is 1. The first kappa shape index (κ1) is 13.1. The molecule has 0 N–H and O–H groups in total. The van der Waals surface area contributed by atoms with Crippen LogP contribution in [0.15, 0.2) is 0 Å². The van der Waals surface area contributed by atoms with Crippen LogP contribution < -0.4 is 0 Å². The molecule has 3 atom stereocenters. The highest BCUT2D eigenvalue weighted by molar-refractivity contribution is 6.11. The SMILES string of the molecule is [B]C1CC(OCC#C)C(COC(=O)CC)O1. The number of ether oxygens (including phenoxy) is 3. The van der Waals surface area contributed by atoms with Gasteiger partial charge in [0, 0.05) is 12.4 Å². The molecule has 0 saturated carbocycles. The van der Waals surface area contributed by atoms with Gasteiger partial charge in [-0.15, -0.1) is 6.42 Å². The Bertz CT molecular complexity index is 274. The minimum Gasteiger partial charge on any atom is -0.463 e. The Hall–Kier alpha value is -0.985. The summed E-state index contributed by atoms with van der Waals surface area (Å²) in [4.78, 5) is 11.0. The number of rotatable bonds is 5. The molecule has 0 spiro atoms. The third kappa shape index (κ3) is 3.88. The molecule has 0 aliphatic carbocycles. The zero-order valence-electron chi connectivity index (χ0n) is 9.35.